The number of fused-ring (bicyclic) bond motifs is 3. The molecular weight excluding hydrogens is 582 g/mol. The molecule has 1 aliphatic carbocycles. The minimum absolute atomic E-state index is 0.0152. The molecule has 0 bridgehead atoms. The topological polar surface area (TPSA) is 119 Å². The lowest BCUT2D eigenvalue weighted by Crippen LogP contribution is -2.52. The number of amides is 2. The number of carbonyl (C=O) groups excluding carboxylic acids is 2. The number of alkyl halides is 3. The summed E-state index contributed by atoms with van der Waals surface area (Å²) in [6, 6.07) is 5.50. The van der Waals surface area contributed by atoms with E-state index in [9.17, 15) is 44.3 Å². The molecule has 3 aromatic rings. The number of halogens is 6. The molecule has 2 amide bonds. The van der Waals surface area contributed by atoms with Gasteiger partial charge in [0.05, 0.1) is 12.1 Å². The summed E-state index contributed by atoms with van der Waals surface area (Å²) in [5.74, 6) is -7.70. The molecule has 16 heteroatoms. The molecular formula is C25H20F6N4O5S. The normalized spacial score (nSPS) is 18.2. The van der Waals surface area contributed by atoms with Crippen molar-refractivity contribution in [1.82, 2.24) is 15.1 Å². The smallest absolute Gasteiger partial charge is 0.422 e. The van der Waals surface area contributed by atoms with Gasteiger partial charge in [-0.25, -0.2) is 21.6 Å². The molecule has 0 radical (unpaired) electrons. The summed E-state index contributed by atoms with van der Waals surface area (Å²) in [5.41, 5.74) is -1.14. The van der Waals surface area contributed by atoms with Gasteiger partial charge in [-0.15, -0.1) is 0 Å². The number of rotatable bonds is 6. The van der Waals surface area contributed by atoms with Crippen LogP contribution in [0.4, 0.5) is 32.0 Å². The van der Waals surface area contributed by atoms with Crippen molar-refractivity contribution in [1.29, 1.82) is 0 Å². The van der Waals surface area contributed by atoms with Crippen LogP contribution in [-0.2, 0) is 33.1 Å². The van der Waals surface area contributed by atoms with Crippen molar-refractivity contribution in [3.63, 3.8) is 0 Å². The fourth-order valence-electron chi connectivity index (χ4n) is 5.08. The number of sulfone groups is 1. The van der Waals surface area contributed by atoms with Crippen molar-refractivity contribution in [2.75, 3.05) is 23.9 Å². The zero-order valence-electron chi connectivity index (χ0n) is 21.0. The van der Waals surface area contributed by atoms with Crippen LogP contribution in [-0.4, -0.2) is 54.8 Å². The fraction of sp³-hybridized carbons (Fsp3) is 0.320. The zero-order chi connectivity index (χ0) is 29.9. The molecule has 0 saturated heterocycles. The highest BCUT2D eigenvalue weighted by atomic mass is 32.2. The lowest BCUT2D eigenvalue weighted by Gasteiger charge is -2.36. The number of hydrogen-bond donors (Lipinski definition) is 2. The van der Waals surface area contributed by atoms with Crippen molar-refractivity contribution in [2.24, 2.45) is 0 Å². The molecule has 2 N–H and O–H groups in total. The molecule has 41 heavy (non-hydrogen) atoms. The van der Waals surface area contributed by atoms with Gasteiger partial charge >= 0.3 is 6.18 Å². The third kappa shape index (κ3) is 5.60. The molecule has 5 rings (SSSR count). The van der Waals surface area contributed by atoms with Gasteiger partial charge in [-0.05, 0) is 48.2 Å². The van der Waals surface area contributed by atoms with Gasteiger partial charge in [0.25, 0.3) is 5.91 Å². The summed E-state index contributed by atoms with van der Waals surface area (Å²) in [4.78, 5) is 26.0. The largest absolute Gasteiger partial charge is 0.484 e. The number of anilines is 1. The summed E-state index contributed by atoms with van der Waals surface area (Å²) in [5, 5.41) is 9.41. The third-order valence-electron chi connectivity index (χ3n) is 6.67. The first-order valence-electron chi connectivity index (χ1n) is 11.9. The minimum Gasteiger partial charge on any atom is -0.484 e. The molecule has 9 nitrogen and oxygen atoms in total. The average Bonchev–Trinajstić information content (AvgIpc) is 3.37. The number of aryl methyl sites for hydroxylation is 1. The molecule has 2 aliphatic rings. The van der Waals surface area contributed by atoms with Crippen LogP contribution in [0.2, 0.25) is 0 Å². The Kier molecular flexibility index (Phi) is 6.79. The number of nitrogens with zero attached hydrogens (tertiary/aromatic N) is 2. The van der Waals surface area contributed by atoms with Gasteiger partial charge in [0.2, 0.25) is 5.91 Å². The van der Waals surface area contributed by atoms with Crippen LogP contribution in [0.1, 0.15) is 28.0 Å². The Hall–Kier alpha value is -4.08. The highest BCUT2D eigenvalue weighted by Crippen LogP contribution is 2.44. The zero-order valence-corrected chi connectivity index (χ0v) is 21.9. The first-order valence-corrected chi connectivity index (χ1v) is 14.0. The number of hydrogen-bond acceptors (Lipinski definition) is 6. The Morgan fingerprint density at radius 2 is 1.85 bits per heavy atom. The van der Waals surface area contributed by atoms with Gasteiger partial charge < -0.3 is 15.4 Å². The number of carbonyl (C=O) groups is 2. The molecule has 1 atom stereocenters. The molecule has 218 valence electrons. The maximum atomic E-state index is 14.1. The summed E-state index contributed by atoms with van der Waals surface area (Å²) >= 11 is 0. The van der Waals surface area contributed by atoms with Gasteiger partial charge in [0, 0.05) is 11.8 Å². The SMILES string of the molecule is CS(=O)(=O)CC(=O)Nc1c(-c2cc(F)c(F)c(F)c2)nn2c1C(=O)N[C@@]1(CCc3cc(OCC(F)(F)F)ccc31)C2. The summed E-state index contributed by atoms with van der Waals surface area (Å²) < 4.78 is 109. The Balaban J connectivity index is 1.56. The van der Waals surface area contributed by atoms with E-state index in [4.69, 9.17) is 4.74 Å². The maximum absolute atomic E-state index is 14.1. The summed E-state index contributed by atoms with van der Waals surface area (Å²) in [7, 11) is -3.81. The molecule has 1 aliphatic heterocycles. The average molecular weight is 603 g/mol. The van der Waals surface area contributed by atoms with E-state index in [1.807, 2.05) is 0 Å². The molecule has 1 spiro atoms. The van der Waals surface area contributed by atoms with Gasteiger partial charge in [0.1, 0.15) is 22.9 Å². The second-order valence-corrected chi connectivity index (χ2v) is 12.0. The van der Waals surface area contributed by atoms with Crippen LogP contribution in [0, 0.1) is 17.5 Å². The molecule has 2 heterocycles. The first kappa shape index (κ1) is 28.4. The summed E-state index contributed by atoms with van der Waals surface area (Å²) in [6.45, 7) is -1.55. The highest BCUT2D eigenvalue weighted by Gasteiger charge is 2.46. The van der Waals surface area contributed by atoms with Gasteiger partial charge in [0.15, 0.2) is 39.6 Å². The number of nitrogens with one attached hydrogen (secondary N) is 2. The Labute approximate surface area is 228 Å². The molecule has 0 saturated carbocycles. The van der Waals surface area contributed by atoms with E-state index in [-0.39, 0.29) is 34.9 Å². The molecule has 1 aromatic heterocycles. The molecule has 0 unspecified atom stereocenters. The van der Waals surface area contributed by atoms with Crippen LogP contribution >= 0.6 is 0 Å². The van der Waals surface area contributed by atoms with E-state index in [0.29, 0.717) is 36.1 Å². The lowest BCUT2D eigenvalue weighted by molar-refractivity contribution is -0.153. The van der Waals surface area contributed by atoms with E-state index < -0.39 is 63.2 Å². The van der Waals surface area contributed by atoms with Gasteiger partial charge in [-0.2, -0.15) is 18.3 Å². The van der Waals surface area contributed by atoms with Crippen molar-refractivity contribution in [2.45, 2.75) is 31.1 Å². The minimum atomic E-state index is -4.53. The van der Waals surface area contributed by atoms with Crippen molar-refractivity contribution in [3.8, 4) is 17.0 Å². The monoisotopic (exact) mass is 602 g/mol. The second-order valence-electron chi connectivity index (χ2n) is 9.86. The maximum Gasteiger partial charge on any atom is 0.422 e. The van der Waals surface area contributed by atoms with Crippen molar-refractivity contribution < 1.29 is 49.1 Å². The lowest BCUT2D eigenvalue weighted by atomic mass is 9.89. The van der Waals surface area contributed by atoms with Crippen molar-refractivity contribution >= 4 is 27.3 Å². The predicted molar refractivity (Wildman–Crippen MR) is 131 cm³/mol. The van der Waals surface area contributed by atoms with E-state index >= 15 is 0 Å². The van der Waals surface area contributed by atoms with Crippen LogP contribution in [0.15, 0.2) is 30.3 Å². The Morgan fingerprint density at radius 3 is 2.49 bits per heavy atom. The standard InChI is InChI=1S/C25H20F6N4O5S/c1-41(38,39)9-18(36)32-21-20(13-7-16(26)19(28)17(27)8-13)34-35-10-24(33-23(37)22(21)35)5-4-12-6-14(2-3-15(12)24)40-11-25(29,30)31/h2-3,6-8H,4-5,9-11H2,1H3,(H,32,36)(H,33,37)/t24-/m0/s1. The Morgan fingerprint density at radius 1 is 1.17 bits per heavy atom. The highest BCUT2D eigenvalue weighted by molar-refractivity contribution is 7.91. The fourth-order valence-corrected chi connectivity index (χ4v) is 5.63. The molecule has 2 aromatic carbocycles. The van der Waals surface area contributed by atoms with Crippen LogP contribution in [0.25, 0.3) is 11.3 Å². The van der Waals surface area contributed by atoms with E-state index in [0.717, 1.165) is 6.26 Å². The number of ether oxygens (including phenoxy) is 1. The third-order valence-corrected chi connectivity index (χ3v) is 7.46. The van der Waals surface area contributed by atoms with Gasteiger partial charge in [-0.1, -0.05) is 6.07 Å². The van der Waals surface area contributed by atoms with E-state index in [1.54, 1.807) is 0 Å². The second kappa shape index (κ2) is 9.78. The van der Waals surface area contributed by atoms with Crippen LogP contribution in [0.3, 0.4) is 0 Å². The van der Waals surface area contributed by atoms with Crippen LogP contribution < -0.4 is 15.4 Å². The van der Waals surface area contributed by atoms with E-state index in [1.165, 1.54) is 22.9 Å². The number of aromatic nitrogens is 2. The summed E-state index contributed by atoms with van der Waals surface area (Å²) in [6.07, 6.45) is -3.06. The molecule has 0 fully saturated rings. The predicted octanol–water partition coefficient (Wildman–Crippen LogP) is 3.48. The number of benzene rings is 2. The Bertz CT molecular complexity index is 1680. The quantitative estimate of drug-likeness (QED) is 0.330. The van der Waals surface area contributed by atoms with E-state index in [2.05, 4.69) is 15.7 Å². The van der Waals surface area contributed by atoms with Gasteiger partial charge in [-0.3, -0.25) is 14.3 Å². The van der Waals surface area contributed by atoms with Crippen molar-refractivity contribution in [3.05, 3.63) is 64.6 Å². The first-order chi connectivity index (χ1) is 19.1. The van der Waals surface area contributed by atoms with Crippen LogP contribution in [0.5, 0.6) is 5.75 Å².